The van der Waals surface area contributed by atoms with E-state index in [1.807, 2.05) is 12.1 Å². The molecule has 146 valence electrons. The Morgan fingerprint density at radius 3 is 2.50 bits per heavy atom. The summed E-state index contributed by atoms with van der Waals surface area (Å²) in [6.07, 6.45) is 3.16. The number of hydrogen-bond donors (Lipinski definition) is 3. The van der Waals surface area contributed by atoms with Crippen molar-refractivity contribution in [1.29, 1.82) is 0 Å². The SMILES string of the molecule is O=C(CNC(=O)NC1CC1)NCc1ccc(CN2CCc3ccccc32)cc1. The smallest absolute Gasteiger partial charge is 0.315 e. The minimum absolute atomic E-state index is 0.00892. The minimum atomic E-state index is -0.273. The maximum absolute atomic E-state index is 11.9. The number of nitrogens with one attached hydrogen (secondary N) is 3. The first kappa shape index (κ1) is 18.3. The lowest BCUT2D eigenvalue weighted by atomic mass is 10.1. The first-order chi connectivity index (χ1) is 13.7. The lowest BCUT2D eigenvalue weighted by molar-refractivity contribution is -0.120. The van der Waals surface area contributed by atoms with Crippen LogP contribution in [0.2, 0.25) is 0 Å². The number of anilines is 1. The zero-order valence-electron chi connectivity index (χ0n) is 15.9. The molecule has 6 nitrogen and oxygen atoms in total. The van der Waals surface area contributed by atoms with Gasteiger partial charge in [-0.3, -0.25) is 4.79 Å². The molecule has 3 N–H and O–H groups in total. The molecule has 2 aliphatic rings. The molecule has 2 aromatic carbocycles. The number of hydrogen-bond acceptors (Lipinski definition) is 3. The maximum Gasteiger partial charge on any atom is 0.315 e. The Hall–Kier alpha value is -3.02. The van der Waals surface area contributed by atoms with Gasteiger partial charge in [-0.15, -0.1) is 0 Å². The molecule has 3 amide bonds. The van der Waals surface area contributed by atoms with Crippen LogP contribution in [0.5, 0.6) is 0 Å². The molecule has 1 saturated carbocycles. The summed E-state index contributed by atoms with van der Waals surface area (Å²) in [5.41, 5.74) is 5.05. The average Bonchev–Trinajstić information content (AvgIpc) is 3.44. The van der Waals surface area contributed by atoms with E-state index in [0.717, 1.165) is 37.9 Å². The molecule has 0 spiro atoms. The van der Waals surface area contributed by atoms with Crippen molar-refractivity contribution in [3.05, 3.63) is 65.2 Å². The van der Waals surface area contributed by atoms with Crippen molar-refractivity contribution < 1.29 is 9.59 Å². The van der Waals surface area contributed by atoms with Gasteiger partial charge in [-0.1, -0.05) is 42.5 Å². The van der Waals surface area contributed by atoms with Crippen molar-refractivity contribution in [2.24, 2.45) is 0 Å². The standard InChI is InChI=1S/C22H26N4O2/c27-21(14-24-22(28)25-19-9-10-19)23-13-16-5-7-17(8-6-16)15-26-12-11-18-3-1-2-4-20(18)26/h1-8,19H,9-15H2,(H,23,27)(H2,24,25,28). The van der Waals surface area contributed by atoms with Crippen molar-refractivity contribution in [2.75, 3.05) is 18.0 Å². The van der Waals surface area contributed by atoms with Gasteiger partial charge >= 0.3 is 6.03 Å². The highest BCUT2D eigenvalue weighted by atomic mass is 16.2. The van der Waals surface area contributed by atoms with E-state index in [1.54, 1.807) is 0 Å². The topological polar surface area (TPSA) is 73.5 Å². The number of fused-ring (bicyclic) bond motifs is 1. The molecule has 0 saturated heterocycles. The summed E-state index contributed by atoms with van der Waals surface area (Å²) >= 11 is 0. The van der Waals surface area contributed by atoms with E-state index in [2.05, 4.69) is 57.2 Å². The van der Waals surface area contributed by atoms with Gasteiger partial charge in [0.2, 0.25) is 5.91 Å². The Morgan fingerprint density at radius 1 is 0.964 bits per heavy atom. The summed E-state index contributed by atoms with van der Waals surface area (Å²) in [6, 6.07) is 16.9. The van der Waals surface area contributed by atoms with E-state index >= 15 is 0 Å². The first-order valence-electron chi connectivity index (χ1n) is 9.89. The van der Waals surface area contributed by atoms with E-state index in [1.165, 1.54) is 16.8 Å². The van der Waals surface area contributed by atoms with E-state index in [9.17, 15) is 9.59 Å². The van der Waals surface area contributed by atoms with Crippen molar-refractivity contribution in [1.82, 2.24) is 16.0 Å². The highest BCUT2D eigenvalue weighted by molar-refractivity contribution is 5.84. The molecule has 2 aromatic rings. The number of rotatable bonds is 7. The van der Waals surface area contributed by atoms with Crippen molar-refractivity contribution >= 4 is 17.6 Å². The van der Waals surface area contributed by atoms with Gasteiger partial charge in [-0.05, 0) is 42.0 Å². The highest BCUT2D eigenvalue weighted by Crippen LogP contribution is 2.28. The zero-order chi connectivity index (χ0) is 19.3. The van der Waals surface area contributed by atoms with Crippen LogP contribution in [0.4, 0.5) is 10.5 Å². The van der Waals surface area contributed by atoms with E-state index < -0.39 is 0 Å². The number of amides is 3. The van der Waals surface area contributed by atoms with E-state index in [0.29, 0.717) is 6.54 Å². The maximum atomic E-state index is 11.9. The predicted octanol–water partition coefficient (Wildman–Crippen LogP) is 2.33. The fourth-order valence-corrected chi connectivity index (χ4v) is 3.44. The third-order valence-electron chi connectivity index (χ3n) is 5.19. The van der Waals surface area contributed by atoms with Crippen LogP contribution in [0.25, 0.3) is 0 Å². The quantitative estimate of drug-likeness (QED) is 0.692. The summed E-state index contributed by atoms with van der Waals surface area (Å²) in [4.78, 5) is 25.8. The summed E-state index contributed by atoms with van der Waals surface area (Å²) in [5, 5.41) is 8.21. The Kier molecular flexibility index (Phi) is 5.46. The number of carbonyl (C=O) groups excluding carboxylic acids is 2. The van der Waals surface area contributed by atoms with Crippen LogP contribution in [0.1, 0.15) is 29.5 Å². The molecule has 0 atom stereocenters. The molecule has 0 aromatic heterocycles. The molecule has 0 bridgehead atoms. The Balaban J connectivity index is 1.21. The summed E-state index contributed by atoms with van der Waals surface area (Å²) in [7, 11) is 0. The van der Waals surface area contributed by atoms with Gasteiger partial charge in [0.25, 0.3) is 0 Å². The van der Waals surface area contributed by atoms with Crippen molar-refractivity contribution in [2.45, 2.75) is 38.4 Å². The van der Waals surface area contributed by atoms with Gasteiger partial charge < -0.3 is 20.9 Å². The van der Waals surface area contributed by atoms with Gasteiger partial charge in [0.15, 0.2) is 0 Å². The third-order valence-corrected chi connectivity index (χ3v) is 5.19. The molecule has 0 unspecified atom stereocenters. The largest absolute Gasteiger partial charge is 0.367 e. The second-order valence-corrected chi connectivity index (χ2v) is 7.49. The minimum Gasteiger partial charge on any atom is -0.367 e. The normalized spacial score (nSPS) is 15.1. The number of carbonyl (C=O) groups is 2. The molecular weight excluding hydrogens is 352 g/mol. The molecule has 1 aliphatic heterocycles. The van der Waals surface area contributed by atoms with Crippen LogP contribution < -0.4 is 20.9 Å². The van der Waals surface area contributed by atoms with Crippen LogP contribution in [0.3, 0.4) is 0 Å². The Morgan fingerprint density at radius 2 is 1.71 bits per heavy atom. The molecule has 4 rings (SSSR count). The fourth-order valence-electron chi connectivity index (χ4n) is 3.44. The average molecular weight is 378 g/mol. The summed E-state index contributed by atoms with van der Waals surface area (Å²) in [6.45, 7) is 2.39. The monoisotopic (exact) mass is 378 g/mol. The van der Waals surface area contributed by atoms with Crippen LogP contribution in [0, 0.1) is 0 Å². The lowest BCUT2D eigenvalue weighted by Crippen LogP contribution is -2.42. The van der Waals surface area contributed by atoms with Gasteiger partial charge in [0.1, 0.15) is 0 Å². The number of urea groups is 1. The molecule has 6 heteroatoms. The molecule has 0 radical (unpaired) electrons. The first-order valence-corrected chi connectivity index (χ1v) is 9.89. The van der Waals surface area contributed by atoms with Crippen LogP contribution in [-0.4, -0.2) is 31.1 Å². The molecule has 1 aliphatic carbocycles. The molecular formula is C22H26N4O2. The van der Waals surface area contributed by atoms with Crippen molar-refractivity contribution in [3.63, 3.8) is 0 Å². The zero-order valence-corrected chi connectivity index (χ0v) is 15.9. The molecule has 1 fully saturated rings. The van der Waals surface area contributed by atoms with Crippen LogP contribution in [0.15, 0.2) is 48.5 Å². The third kappa shape index (κ3) is 4.82. The second kappa shape index (κ2) is 8.33. The van der Waals surface area contributed by atoms with E-state index in [-0.39, 0.29) is 24.5 Å². The number of benzene rings is 2. The van der Waals surface area contributed by atoms with Crippen molar-refractivity contribution in [3.8, 4) is 0 Å². The summed E-state index contributed by atoms with van der Waals surface area (Å²) < 4.78 is 0. The Labute approximate surface area is 165 Å². The van der Waals surface area contributed by atoms with Gasteiger partial charge in [-0.2, -0.15) is 0 Å². The number of para-hydroxylation sites is 1. The molecule has 1 heterocycles. The predicted molar refractivity (Wildman–Crippen MR) is 109 cm³/mol. The van der Waals surface area contributed by atoms with Crippen LogP contribution >= 0.6 is 0 Å². The van der Waals surface area contributed by atoms with Gasteiger partial charge in [0, 0.05) is 31.4 Å². The Bertz CT molecular complexity index is 846. The molecule has 28 heavy (non-hydrogen) atoms. The summed E-state index contributed by atoms with van der Waals surface area (Å²) in [5.74, 6) is -0.191. The fraction of sp³-hybridized carbons (Fsp3) is 0.364. The van der Waals surface area contributed by atoms with Gasteiger partial charge in [0.05, 0.1) is 6.54 Å². The van der Waals surface area contributed by atoms with Gasteiger partial charge in [-0.25, -0.2) is 4.79 Å². The van der Waals surface area contributed by atoms with Crippen LogP contribution in [-0.2, 0) is 24.3 Å². The lowest BCUT2D eigenvalue weighted by Gasteiger charge is -2.19. The highest BCUT2D eigenvalue weighted by Gasteiger charge is 2.23. The van der Waals surface area contributed by atoms with E-state index in [4.69, 9.17) is 0 Å². The second-order valence-electron chi connectivity index (χ2n) is 7.49. The number of nitrogens with zero attached hydrogens (tertiary/aromatic N) is 1.